The van der Waals surface area contributed by atoms with E-state index in [2.05, 4.69) is 16.7 Å². The number of halogens is 1. The second-order valence-electron chi connectivity index (χ2n) is 6.80. The SMILES string of the molecule is C[C@@H]1CN2CCC[C@@H]2CN1Cc1coc2ccc(Cl)cc2c1=O. The number of benzene rings is 1. The molecular formula is C18H21ClN2O2. The fourth-order valence-corrected chi connectivity index (χ4v) is 4.11. The minimum Gasteiger partial charge on any atom is -0.464 e. The quantitative estimate of drug-likeness (QED) is 0.846. The van der Waals surface area contributed by atoms with E-state index >= 15 is 0 Å². The topological polar surface area (TPSA) is 36.7 Å². The minimum atomic E-state index is 0.0369. The third-order valence-corrected chi connectivity index (χ3v) is 5.48. The van der Waals surface area contributed by atoms with Crippen LogP contribution in [0.15, 0.2) is 33.7 Å². The van der Waals surface area contributed by atoms with Gasteiger partial charge in [-0.25, -0.2) is 0 Å². The van der Waals surface area contributed by atoms with E-state index in [0.29, 0.717) is 34.6 Å². The molecule has 2 saturated heterocycles. The molecule has 3 heterocycles. The molecule has 0 radical (unpaired) electrons. The average molecular weight is 333 g/mol. The monoisotopic (exact) mass is 332 g/mol. The number of nitrogens with zero attached hydrogens (tertiary/aromatic N) is 2. The molecule has 2 fully saturated rings. The summed E-state index contributed by atoms with van der Waals surface area (Å²) in [7, 11) is 0. The van der Waals surface area contributed by atoms with Gasteiger partial charge in [-0.2, -0.15) is 0 Å². The van der Waals surface area contributed by atoms with Crippen LogP contribution in [0.1, 0.15) is 25.3 Å². The summed E-state index contributed by atoms with van der Waals surface area (Å²) in [6, 6.07) is 6.30. The van der Waals surface area contributed by atoms with Crippen molar-refractivity contribution in [1.82, 2.24) is 9.80 Å². The number of hydrogen-bond donors (Lipinski definition) is 0. The van der Waals surface area contributed by atoms with Gasteiger partial charge in [0.25, 0.3) is 0 Å². The molecule has 5 heteroatoms. The van der Waals surface area contributed by atoms with E-state index < -0.39 is 0 Å². The molecule has 23 heavy (non-hydrogen) atoms. The van der Waals surface area contributed by atoms with Crippen molar-refractivity contribution in [2.75, 3.05) is 19.6 Å². The van der Waals surface area contributed by atoms with Gasteiger partial charge < -0.3 is 4.42 Å². The van der Waals surface area contributed by atoms with E-state index in [-0.39, 0.29) is 5.43 Å². The van der Waals surface area contributed by atoms with Gasteiger partial charge in [0, 0.05) is 42.3 Å². The summed E-state index contributed by atoms with van der Waals surface area (Å²) in [6.45, 7) is 6.24. The summed E-state index contributed by atoms with van der Waals surface area (Å²) >= 11 is 6.02. The molecular weight excluding hydrogens is 312 g/mol. The van der Waals surface area contributed by atoms with E-state index in [1.54, 1.807) is 24.5 Å². The van der Waals surface area contributed by atoms with Crippen LogP contribution in [0, 0.1) is 0 Å². The number of hydrogen-bond acceptors (Lipinski definition) is 4. The maximum atomic E-state index is 12.7. The maximum Gasteiger partial charge on any atom is 0.197 e. The lowest BCUT2D eigenvalue weighted by atomic mass is 10.1. The van der Waals surface area contributed by atoms with E-state index in [1.807, 2.05) is 0 Å². The molecule has 4 rings (SSSR count). The average Bonchev–Trinajstić information content (AvgIpc) is 2.98. The zero-order chi connectivity index (χ0) is 16.0. The Hall–Kier alpha value is -1.36. The van der Waals surface area contributed by atoms with Gasteiger partial charge in [-0.3, -0.25) is 14.6 Å². The Bertz CT molecular complexity index is 788. The Morgan fingerprint density at radius 1 is 1.35 bits per heavy atom. The van der Waals surface area contributed by atoms with Crippen LogP contribution >= 0.6 is 11.6 Å². The highest BCUT2D eigenvalue weighted by atomic mass is 35.5. The fraction of sp³-hybridized carbons (Fsp3) is 0.500. The predicted molar refractivity (Wildman–Crippen MR) is 92.0 cm³/mol. The highest BCUT2D eigenvalue weighted by molar-refractivity contribution is 6.31. The van der Waals surface area contributed by atoms with E-state index in [4.69, 9.17) is 16.0 Å². The smallest absolute Gasteiger partial charge is 0.197 e. The van der Waals surface area contributed by atoms with Crippen molar-refractivity contribution in [3.63, 3.8) is 0 Å². The highest BCUT2D eigenvalue weighted by Gasteiger charge is 2.34. The molecule has 0 N–H and O–H groups in total. The zero-order valence-corrected chi connectivity index (χ0v) is 14.1. The largest absolute Gasteiger partial charge is 0.464 e. The van der Waals surface area contributed by atoms with Gasteiger partial charge in [-0.05, 0) is 44.5 Å². The molecule has 4 nitrogen and oxygen atoms in total. The molecule has 2 aliphatic heterocycles. The normalized spacial score (nSPS) is 25.8. The van der Waals surface area contributed by atoms with Crippen LogP contribution < -0.4 is 5.43 Å². The van der Waals surface area contributed by atoms with Gasteiger partial charge in [-0.15, -0.1) is 0 Å². The third kappa shape index (κ3) is 2.80. The summed E-state index contributed by atoms with van der Waals surface area (Å²) in [6.07, 6.45) is 4.18. The lowest BCUT2D eigenvalue weighted by Crippen LogP contribution is -2.54. The minimum absolute atomic E-state index is 0.0369. The van der Waals surface area contributed by atoms with Crippen molar-refractivity contribution in [1.29, 1.82) is 0 Å². The molecule has 0 amide bonds. The lowest BCUT2D eigenvalue weighted by Gasteiger charge is -2.42. The Balaban J connectivity index is 1.62. The lowest BCUT2D eigenvalue weighted by molar-refractivity contribution is 0.0535. The van der Waals surface area contributed by atoms with Crippen LogP contribution in [0.4, 0.5) is 0 Å². The summed E-state index contributed by atoms with van der Waals surface area (Å²) in [5.74, 6) is 0. The third-order valence-electron chi connectivity index (χ3n) is 5.25. The zero-order valence-electron chi connectivity index (χ0n) is 13.3. The summed E-state index contributed by atoms with van der Waals surface area (Å²) in [4.78, 5) is 17.7. The van der Waals surface area contributed by atoms with Crippen LogP contribution in [0.3, 0.4) is 0 Å². The summed E-state index contributed by atoms with van der Waals surface area (Å²) < 4.78 is 5.65. The van der Waals surface area contributed by atoms with Gasteiger partial charge >= 0.3 is 0 Å². The second kappa shape index (κ2) is 5.93. The van der Waals surface area contributed by atoms with Crippen molar-refractivity contribution in [3.05, 3.63) is 45.3 Å². The summed E-state index contributed by atoms with van der Waals surface area (Å²) in [5, 5.41) is 1.14. The first-order valence-corrected chi connectivity index (χ1v) is 8.67. The van der Waals surface area contributed by atoms with E-state index in [1.165, 1.54) is 19.4 Å². The standard InChI is InChI=1S/C18H21ClN2O2/c1-12-8-20-6-2-3-15(20)10-21(12)9-13-11-23-17-5-4-14(19)7-16(17)18(13)22/h4-5,7,11-12,15H,2-3,6,8-10H2,1H3/t12-,15-/m1/s1. The summed E-state index contributed by atoms with van der Waals surface area (Å²) in [5.41, 5.74) is 1.35. The van der Waals surface area contributed by atoms with Gasteiger partial charge in [0.05, 0.1) is 11.6 Å². The second-order valence-corrected chi connectivity index (χ2v) is 7.24. The first-order valence-electron chi connectivity index (χ1n) is 8.30. The van der Waals surface area contributed by atoms with Gasteiger partial charge in [0.15, 0.2) is 5.43 Å². The van der Waals surface area contributed by atoms with Crippen molar-refractivity contribution >= 4 is 22.6 Å². The van der Waals surface area contributed by atoms with Gasteiger partial charge in [0.1, 0.15) is 5.58 Å². The fourth-order valence-electron chi connectivity index (χ4n) is 3.94. The van der Waals surface area contributed by atoms with E-state index in [0.717, 1.165) is 18.7 Å². The van der Waals surface area contributed by atoms with Crippen LogP contribution in [0.5, 0.6) is 0 Å². The molecule has 2 aromatic rings. The van der Waals surface area contributed by atoms with Crippen LogP contribution in [0.2, 0.25) is 5.02 Å². The molecule has 0 unspecified atom stereocenters. The molecule has 0 spiro atoms. The van der Waals surface area contributed by atoms with Crippen molar-refractivity contribution < 1.29 is 4.42 Å². The number of rotatable bonds is 2. The Kier molecular flexibility index (Phi) is 3.92. The number of fused-ring (bicyclic) bond motifs is 2. The first kappa shape index (κ1) is 15.2. The molecule has 0 saturated carbocycles. The van der Waals surface area contributed by atoms with Gasteiger partial charge in [0.2, 0.25) is 0 Å². The van der Waals surface area contributed by atoms with Crippen LogP contribution in [0.25, 0.3) is 11.0 Å². The van der Waals surface area contributed by atoms with Crippen molar-refractivity contribution in [3.8, 4) is 0 Å². The number of piperazine rings is 1. The van der Waals surface area contributed by atoms with Crippen LogP contribution in [-0.4, -0.2) is 41.5 Å². The van der Waals surface area contributed by atoms with Crippen molar-refractivity contribution in [2.24, 2.45) is 0 Å². The maximum absolute atomic E-state index is 12.7. The van der Waals surface area contributed by atoms with Crippen molar-refractivity contribution in [2.45, 2.75) is 38.4 Å². The molecule has 2 aliphatic rings. The molecule has 2 atom stereocenters. The van der Waals surface area contributed by atoms with Crippen LogP contribution in [-0.2, 0) is 6.54 Å². The predicted octanol–water partition coefficient (Wildman–Crippen LogP) is 3.11. The molecule has 1 aromatic heterocycles. The van der Waals surface area contributed by atoms with E-state index in [9.17, 15) is 4.79 Å². The highest BCUT2D eigenvalue weighted by Crippen LogP contribution is 2.25. The Morgan fingerprint density at radius 2 is 2.22 bits per heavy atom. The molecule has 0 aliphatic carbocycles. The van der Waals surface area contributed by atoms with Gasteiger partial charge in [-0.1, -0.05) is 11.6 Å². The molecule has 0 bridgehead atoms. The molecule has 1 aromatic carbocycles. The first-order chi connectivity index (χ1) is 11.1. The Labute approximate surface area is 140 Å². The Morgan fingerprint density at radius 3 is 3.09 bits per heavy atom. The molecule has 122 valence electrons.